The molecule has 1 N–H and O–H groups in total. The zero-order valence-corrected chi connectivity index (χ0v) is 22.6. The summed E-state index contributed by atoms with van der Waals surface area (Å²) in [6.07, 6.45) is 3.35. The summed E-state index contributed by atoms with van der Waals surface area (Å²) in [7, 11) is 4.73. The number of anilines is 1. The summed E-state index contributed by atoms with van der Waals surface area (Å²) in [5.74, 6) is 1.84. The lowest BCUT2D eigenvalue weighted by Crippen LogP contribution is -2.39. The standard InChI is InChI=1S/C29H32N4O6/c1-19(2)28(35)32(16-23-7-6-14-39-23)18-27(34)31-29-30-24(20-8-11-22(36-3)12-9-20)17-33(29)21-10-13-25(37-4)26(15-21)38-5/h6-15,17,19H,16,18H2,1-5H3,(H,30,31,34). The highest BCUT2D eigenvalue weighted by Gasteiger charge is 2.23. The largest absolute Gasteiger partial charge is 0.497 e. The molecule has 2 heterocycles. The molecule has 204 valence electrons. The molecule has 10 heteroatoms. The van der Waals surface area contributed by atoms with Crippen LogP contribution >= 0.6 is 0 Å². The van der Waals surface area contributed by atoms with E-state index in [4.69, 9.17) is 23.6 Å². The number of nitrogens with one attached hydrogen (secondary N) is 1. The molecular weight excluding hydrogens is 500 g/mol. The quantitative estimate of drug-likeness (QED) is 0.296. The molecule has 0 aliphatic heterocycles. The van der Waals surface area contributed by atoms with Crippen molar-refractivity contribution in [2.24, 2.45) is 5.92 Å². The van der Waals surface area contributed by atoms with Gasteiger partial charge in [-0.25, -0.2) is 4.98 Å². The molecule has 2 aromatic heterocycles. The lowest BCUT2D eigenvalue weighted by atomic mass is 10.1. The van der Waals surface area contributed by atoms with E-state index >= 15 is 0 Å². The van der Waals surface area contributed by atoms with Crippen LogP contribution in [0, 0.1) is 5.92 Å². The zero-order valence-electron chi connectivity index (χ0n) is 22.6. The Bertz CT molecular complexity index is 1410. The Morgan fingerprint density at radius 2 is 1.74 bits per heavy atom. The van der Waals surface area contributed by atoms with Crippen LogP contribution in [0.25, 0.3) is 16.9 Å². The Balaban J connectivity index is 1.67. The number of methoxy groups -OCH3 is 3. The molecule has 0 fully saturated rings. The second-order valence-corrected chi connectivity index (χ2v) is 9.06. The van der Waals surface area contributed by atoms with Gasteiger partial charge < -0.3 is 23.5 Å². The summed E-state index contributed by atoms with van der Waals surface area (Å²) in [4.78, 5) is 32.3. The summed E-state index contributed by atoms with van der Waals surface area (Å²) >= 11 is 0. The van der Waals surface area contributed by atoms with Gasteiger partial charge in [0.1, 0.15) is 18.1 Å². The maximum Gasteiger partial charge on any atom is 0.246 e. The number of aromatic nitrogens is 2. The number of hydrogen-bond donors (Lipinski definition) is 1. The van der Waals surface area contributed by atoms with Crippen LogP contribution in [-0.4, -0.2) is 54.1 Å². The topological polar surface area (TPSA) is 108 Å². The summed E-state index contributed by atoms with van der Waals surface area (Å²) < 4.78 is 23.3. The first kappa shape index (κ1) is 27.3. The van der Waals surface area contributed by atoms with E-state index in [1.54, 1.807) is 64.0 Å². The van der Waals surface area contributed by atoms with Gasteiger partial charge in [-0.2, -0.15) is 0 Å². The molecule has 0 aliphatic carbocycles. The molecule has 10 nitrogen and oxygen atoms in total. The molecule has 0 saturated heterocycles. The number of nitrogens with zero attached hydrogens (tertiary/aromatic N) is 3. The Kier molecular flexibility index (Phi) is 8.55. The average molecular weight is 533 g/mol. The van der Waals surface area contributed by atoms with Crippen LogP contribution in [0.1, 0.15) is 19.6 Å². The minimum absolute atomic E-state index is 0.163. The van der Waals surface area contributed by atoms with Crippen LogP contribution in [0.5, 0.6) is 17.2 Å². The van der Waals surface area contributed by atoms with Crippen molar-refractivity contribution < 1.29 is 28.2 Å². The molecule has 0 unspecified atom stereocenters. The molecular formula is C29H32N4O6. The molecule has 39 heavy (non-hydrogen) atoms. The lowest BCUT2D eigenvalue weighted by molar-refractivity contribution is -0.138. The van der Waals surface area contributed by atoms with Crippen molar-refractivity contribution in [1.82, 2.24) is 14.5 Å². The van der Waals surface area contributed by atoms with Crippen LogP contribution in [0.2, 0.25) is 0 Å². The van der Waals surface area contributed by atoms with E-state index in [0.717, 1.165) is 11.3 Å². The SMILES string of the molecule is COc1ccc(-c2cn(-c3ccc(OC)c(OC)c3)c(NC(=O)CN(Cc3ccco3)C(=O)C(C)C)n2)cc1. The maximum absolute atomic E-state index is 13.3. The third kappa shape index (κ3) is 6.40. The number of ether oxygens (including phenoxy) is 3. The lowest BCUT2D eigenvalue weighted by Gasteiger charge is -2.23. The maximum atomic E-state index is 13.3. The van der Waals surface area contributed by atoms with Crippen molar-refractivity contribution in [3.8, 4) is 34.2 Å². The van der Waals surface area contributed by atoms with Gasteiger partial charge in [-0.05, 0) is 48.5 Å². The van der Waals surface area contributed by atoms with Crippen LogP contribution in [0.4, 0.5) is 5.95 Å². The molecule has 0 bridgehead atoms. The summed E-state index contributed by atoms with van der Waals surface area (Å²) in [5.41, 5.74) is 2.16. The smallest absolute Gasteiger partial charge is 0.246 e. The Hall–Kier alpha value is -4.73. The van der Waals surface area contributed by atoms with Crippen LogP contribution in [0.15, 0.2) is 71.5 Å². The number of furan rings is 1. The van der Waals surface area contributed by atoms with Gasteiger partial charge in [-0.3, -0.25) is 19.5 Å². The first-order valence-corrected chi connectivity index (χ1v) is 12.4. The normalized spacial score (nSPS) is 10.8. The van der Waals surface area contributed by atoms with Gasteiger partial charge in [0.25, 0.3) is 0 Å². The number of carbonyl (C=O) groups excluding carboxylic acids is 2. The molecule has 0 saturated carbocycles. The Morgan fingerprint density at radius 3 is 2.36 bits per heavy atom. The van der Waals surface area contributed by atoms with Crippen molar-refractivity contribution in [3.63, 3.8) is 0 Å². The van der Waals surface area contributed by atoms with Crippen LogP contribution in [-0.2, 0) is 16.1 Å². The number of benzene rings is 2. The fourth-order valence-electron chi connectivity index (χ4n) is 4.05. The third-order valence-corrected chi connectivity index (χ3v) is 6.06. The van der Waals surface area contributed by atoms with Crippen molar-refractivity contribution >= 4 is 17.8 Å². The van der Waals surface area contributed by atoms with Crippen molar-refractivity contribution in [2.75, 3.05) is 33.2 Å². The van der Waals surface area contributed by atoms with E-state index in [2.05, 4.69) is 5.32 Å². The Labute approximate surface area is 227 Å². The summed E-state index contributed by atoms with van der Waals surface area (Å²) in [6.45, 7) is 3.59. The summed E-state index contributed by atoms with van der Waals surface area (Å²) in [5, 5.41) is 2.88. The minimum atomic E-state index is -0.399. The third-order valence-electron chi connectivity index (χ3n) is 6.06. The fourth-order valence-corrected chi connectivity index (χ4v) is 4.05. The molecule has 0 aliphatic rings. The molecule has 0 radical (unpaired) electrons. The van der Waals surface area contributed by atoms with Crippen molar-refractivity contribution in [2.45, 2.75) is 20.4 Å². The van der Waals surface area contributed by atoms with E-state index in [0.29, 0.717) is 28.6 Å². The summed E-state index contributed by atoms with van der Waals surface area (Å²) in [6, 6.07) is 16.4. The van der Waals surface area contributed by atoms with Crippen molar-refractivity contribution in [1.29, 1.82) is 0 Å². The predicted molar refractivity (Wildman–Crippen MR) is 146 cm³/mol. The molecule has 4 aromatic rings. The van der Waals surface area contributed by atoms with Gasteiger partial charge in [-0.1, -0.05) is 13.8 Å². The van der Waals surface area contributed by atoms with E-state index in [-0.39, 0.29) is 30.9 Å². The van der Waals surface area contributed by atoms with Gasteiger partial charge in [0, 0.05) is 23.7 Å². The van der Waals surface area contributed by atoms with E-state index in [1.165, 1.54) is 11.2 Å². The second kappa shape index (κ2) is 12.2. The number of hydrogen-bond acceptors (Lipinski definition) is 7. The molecule has 2 aromatic carbocycles. The number of amides is 2. The Morgan fingerprint density at radius 1 is 1.00 bits per heavy atom. The predicted octanol–water partition coefficient (Wildman–Crippen LogP) is 4.78. The number of imidazole rings is 1. The van der Waals surface area contributed by atoms with Gasteiger partial charge >= 0.3 is 0 Å². The van der Waals surface area contributed by atoms with Gasteiger partial charge in [0.15, 0.2) is 11.5 Å². The highest BCUT2D eigenvalue weighted by molar-refractivity contribution is 5.94. The highest BCUT2D eigenvalue weighted by atomic mass is 16.5. The van der Waals surface area contributed by atoms with E-state index < -0.39 is 5.91 Å². The molecule has 4 rings (SSSR count). The first-order chi connectivity index (χ1) is 18.8. The van der Waals surface area contributed by atoms with Gasteiger partial charge in [0.2, 0.25) is 17.8 Å². The second-order valence-electron chi connectivity index (χ2n) is 9.06. The highest BCUT2D eigenvalue weighted by Crippen LogP contribution is 2.32. The van der Waals surface area contributed by atoms with Crippen molar-refractivity contribution in [3.05, 3.63) is 72.8 Å². The van der Waals surface area contributed by atoms with Gasteiger partial charge in [0.05, 0.1) is 45.5 Å². The molecule has 2 amide bonds. The monoisotopic (exact) mass is 532 g/mol. The fraction of sp³-hybridized carbons (Fsp3) is 0.276. The van der Waals surface area contributed by atoms with E-state index in [1.807, 2.05) is 36.5 Å². The molecule has 0 spiro atoms. The van der Waals surface area contributed by atoms with Crippen LogP contribution in [0.3, 0.4) is 0 Å². The average Bonchev–Trinajstić information content (AvgIpc) is 3.62. The number of carbonyl (C=O) groups is 2. The number of rotatable bonds is 11. The first-order valence-electron chi connectivity index (χ1n) is 12.4. The minimum Gasteiger partial charge on any atom is -0.497 e. The van der Waals surface area contributed by atoms with E-state index in [9.17, 15) is 9.59 Å². The molecule has 0 atom stereocenters. The van der Waals surface area contributed by atoms with Crippen LogP contribution < -0.4 is 19.5 Å². The zero-order chi connectivity index (χ0) is 27.9. The van der Waals surface area contributed by atoms with Gasteiger partial charge in [-0.15, -0.1) is 0 Å².